The van der Waals surface area contributed by atoms with Gasteiger partial charge in [0.15, 0.2) is 5.78 Å². The number of carbonyl (C=O) groups excluding carboxylic acids is 2. The lowest BCUT2D eigenvalue weighted by atomic mass is 9.76. The second kappa shape index (κ2) is 12.3. The van der Waals surface area contributed by atoms with Gasteiger partial charge in [0.1, 0.15) is 24.8 Å². The number of aromatic nitrogens is 1. The molecule has 6 rings (SSSR count). The number of rotatable bonds is 10. The molecule has 0 N–H and O–H groups in total. The molecule has 44 heavy (non-hydrogen) atoms. The van der Waals surface area contributed by atoms with Crippen molar-refractivity contribution in [1.29, 1.82) is 0 Å². The van der Waals surface area contributed by atoms with Crippen LogP contribution in [0.5, 0.6) is 5.75 Å². The van der Waals surface area contributed by atoms with Gasteiger partial charge in [-0.25, -0.2) is 4.39 Å². The molecule has 1 fully saturated rings. The van der Waals surface area contributed by atoms with E-state index in [-0.39, 0.29) is 30.1 Å². The SMILES string of the molecule is CC(C)(C(=O)C=C1CC(C(=O)OCc2ccccc2)C1)c1cc2c(OCc3ccccc3)cccc2n1-c1ccc(F)cc1. The van der Waals surface area contributed by atoms with Gasteiger partial charge in [-0.1, -0.05) is 72.3 Å². The molecule has 0 saturated heterocycles. The first-order valence-corrected chi connectivity index (χ1v) is 14.8. The third-order valence-electron chi connectivity index (χ3n) is 8.29. The molecule has 0 atom stereocenters. The fourth-order valence-corrected chi connectivity index (χ4v) is 5.59. The van der Waals surface area contributed by atoms with Crippen LogP contribution in [0.15, 0.2) is 121 Å². The van der Waals surface area contributed by atoms with Crippen LogP contribution in [0.2, 0.25) is 0 Å². The van der Waals surface area contributed by atoms with Crippen molar-refractivity contribution in [1.82, 2.24) is 4.57 Å². The van der Waals surface area contributed by atoms with Crippen molar-refractivity contribution in [3.8, 4) is 11.4 Å². The average Bonchev–Trinajstić information content (AvgIpc) is 3.43. The standard InChI is InChI=1S/C38H34FNO4/c1-38(2,36(41)22-28-20-29(21-28)37(42)44-25-27-12-7-4-8-13-27)35-23-32-33(40(35)31-18-16-30(39)17-19-31)14-9-15-34(32)43-24-26-10-5-3-6-11-26/h3-19,22-23,29H,20-21,24-25H2,1-2H3. The minimum Gasteiger partial charge on any atom is -0.488 e. The Balaban J connectivity index is 1.25. The first-order chi connectivity index (χ1) is 21.3. The lowest BCUT2D eigenvalue weighted by molar-refractivity contribution is -0.151. The summed E-state index contributed by atoms with van der Waals surface area (Å²) in [4.78, 5) is 26.4. The normalized spacial score (nSPS) is 14.6. The zero-order valence-corrected chi connectivity index (χ0v) is 24.8. The Labute approximate surface area is 256 Å². The smallest absolute Gasteiger partial charge is 0.309 e. The topological polar surface area (TPSA) is 57.5 Å². The Morgan fingerprint density at radius 3 is 2.14 bits per heavy atom. The van der Waals surface area contributed by atoms with E-state index in [1.165, 1.54) is 12.1 Å². The molecule has 1 saturated carbocycles. The number of carbonyl (C=O) groups is 2. The highest BCUT2D eigenvalue weighted by Crippen LogP contribution is 2.40. The van der Waals surface area contributed by atoms with Gasteiger partial charge < -0.3 is 14.0 Å². The van der Waals surface area contributed by atoms with Crippen LogP contribution in [0.3, 0.4) is 0 Å². The number of hydrogen-bond donors (Lipinski definition) is 0. The minimum absolute atomic E-state index is 0.0680. The van der Waals surface area contributed by atoms with Gasteiger partial charge >= 0.3 is 5.97 Å². The molecule has 5 aromatic rings. The summed E-state index contributed by atoms with van der Waals surface area (Å²) in [6.07, 6.45) is 2.70. The molecule has 0 bridgehead atoms. The Kier molecular flexibility index (Phi) is 8.16. The van der Waals surface area contributed by atoms with Crippen LogP contribution in [0.25, 0.3) is 16.6 Å². The van der Waals surface area contributed by atoms with Crippen molar-refractivity contribution >= 4 is 22.7 Å². The molecule has 0 unspecified atom stereocenters. The van der Waals surface area contributed by atoms with Gasteiger partial charge in [0.25, 0.3) is 0 Å². The molecule has 0 spiro atoms. The summed E-state index contributed by atoms with van der Waals surface area (Å²) in [5.41, 5.74) is 4.35. The number of allylic oxidation sites excluding steroid dienone is 2. The second-order valence-corrected chi connectivity index (χ2v) is 11.8. The third kappa shape index (κ3) is 6.06. The molecule has 0 aliphatic heterocycles. The maximum Gasteiger partial charge on any atom is 0.309 e. The van der Waals surface area contributed by atoms with E-state index in [1.807, 2.05) is 103 Å². The van der Waals surface area contributed by atoms with Crippen LogP contribution < -0.4 is 4.74 Å². The largest absolute Gasteiger partial charge is 0.488 e. The van der Waals surface area contributed by atoms with Crippen LogP contribution in [0.1, 0.15) is 43.5 Å². The lowest BCUT2D eigenvalue weighted by Gasteiger charge is -2.29. The third-order valence-corrected chi connectivity index (χ3v) is 8.29. The fourth-order valence-electron chi connectivity index (χ4n) is 5.59. The Bertz CT molecular complexity index is 1810. The van der Waals surface area contributed by atoms with E-state index >= 15 is 0 Å². The number of hydrogen-bond acceptors (Lipinski definition) is 4. The maximum absolute atomic E-state index is 13.9. The molecule has 1 heterocycles. The van der Waals surface area contributed by atoms with Gasteiger partial charge in [0.2, 0.25) is 0 Å². The van der Waals surface area contributed by atoms with Crippen LogP contribution in [-0.2, 0) is 33.0 Å². The van der Waals surface area contributed by atoms with Crippen LogP contribution >= 0.6 is 0 Å². The number of nitrogens with zero attached hydrogens (tertiary/aromatic N) is 1. The molecular formula is C38H34FNO4. The predicted molar refractivity (Wildman–Crippen MR) is 169 cm³/mol. The summed E-state index contributed by atoms with van der Waals surface area (Å²) in [6, 6.07) is 33.6. The highest BCUT2D eigenvalue weighted by molar-refractivity contribution is 6.01. The van der Waals surface area contributed by atoms with E-state index in [0.29, 0.717) is 25.2 Å². The monoisotopic (exact) mass is 587 g/mol. The number of ketones is 1. The Morgan fingerprint density at radius 1 is 0.841 bits per heavy atom. The van der Waals surface area contributed by atoms with E-state index in [4.69, 9.17) is 9.47 Å². The molecule has 4 aromatic carbocycles. The summed E-state index contributed by atoms with van der Waals surface area (Å²) >= 11 is 0. The van der Waals surface area contributed by atoms with E-state index in [9.17, 15) is 14.0 Å². The number of esters is 1. The molecule has 1 aliphatic rings. The number of fused-ring (bicyclic) bond motifs is 1. The summed E-state index contributed by atoms with van der Waals surface area (Å²) in [6.45, 7) is 4.44. The molecule has 222 valence electrons. The van der Waals surface area contributed by atoms with Crippen LogP contribution in [0.4, 0.5) is 4.39 Å². The van der Waals surface area contributed by atoms with Gasteiger partial charge in [0, 0.05) is 16.8 Å². The number of ether oxygens (including phenoxy) is 2. The van der Waals surface area contributed by atoms with Gasteiger partial charge in [-0.15, -0.1) is 0 Å². The van der Waals surface area contributed by atoms with E-state index in [2.05, 4.69) is 0 Å². The zero-order chi connectivity index (χ0) is 30.7. The highest BCUT2D eigenvalue weighted by atomic mass is 19.1. The molecule has 5 nitrogen and oxygen atoms in total. The van der Waals surface area contributed by atoms with Crippen molar-refractivity contribution in [2.75, 3.05) is 0 Å². The van der Waals surface area contributed by atoms with Crippen molar-refractivity contribution in [3.05, 3.63) is 143 Å². The molecule has 0 amide bonds. The predicted octanol–water partition coefficient (Wildman–Crippen LogP) is 8.28. The van der Waals surface area contributed by atoms with E-state index < -0.39 is 5.41 Å². The Hall–Kier alpha value is -4.97. The molecule has 1 aliphatic carbocycles. The first-order valence-electron chi connectivity index (χ1n) is 14.8. The Morgan fingerprint density at radius 2 is 1.48 bits per heavy atom. The van der Waals surface area contributed by atoms with Gasteiger partial charge in [-0.05, 0) is 86.4 Å². The maximum atomic E-state index is 13.9. The van der Waals surface area contributed by atoms with Crippen molar-refractivity contribution in [2.24, 2.45) is 5.92 Å². The molecular weight excluding hydrogens is 553 g/mol. The summed E-state index contributed by atoms with van der Waals surface area (Å²) in [5.74, 6) is -0.180. The van der Waals surface area contributed by atoms with Crippen LogP contribution in [-0.4, -0.2) is 16.3 Å². The molecule has 1 aromatic heterocycles. The van der Waals surface area contributed by atoms with Crippen molar-refractivity contribution in [3.63, 3.8) is 0 Å². The average molecular weight is 588 g/mol. The lowest BCUT2D eigenvalue weighted by Crippen LogP contribution is -2.32. The fraction of sp³-hybridized carbons (Fsp3) is 0.211. The molecule has 0 radical (unpaired) electrons. The van der Waals surface area contributed by atoms with E-state index in [1.54, 1.807) is 18.2 Å². The zero-order valence-electron chi connectivity index (χ0n) is 24.8. The molecule has 6 heteroatoms. The van der Waals surface area contributed by atoms with E-state index in [0.717, 1.165) is 39.0 Å². The number of benzene rings is 4. The van der Waals surface area contributed by atoms with Gasteiger partial charge in [-0.2, -0.15) is 0 Å². The quantitative estimate of drug-likeness (QED) is 0.122. The van der Waals surface area contributed by atoms with Gasteiger partial charge in [0.05, 0.1) is 16.8 Å². The summed E-state index contributed by atoms with van der Waals surface area (Å²) < 4.78 is 27.7. The van der Waals surface area contributed by atoms with Crippen LogP contribution in [0, 0.1) is 11.7 Å². The second-order valence-electron chi connectivity index (χ2n) is 11.8. The van der Waals surface area contributed by atoms with Crippen molar-refractivity contribution in [2.45, 2.75) is 45.3 Å². The minimum atomic E-state index is -0.935. The highest BCUT2D eigenvalue weighted by Gasteiger charge is 2.36. The summed E-state index contributed by atoms with van der Waals surface area (Å²) in [7, 11) is 0. The first kappa shape index (κ1) is 29.1. The van der Waals surface area contributed by atoms with Crippen molar-refractivity contribution < 1.29 is 23.5 Å². The number of halogens is 1. The van der Waals surface area contributed by atoms with Gasteiger partial charge in [-0.3, -0.25) is 9.59 Å². The summed E-state index contributed by atoms with van der Waals surface area (Å²) in [5, 5.41) is 0.862.